The van der Waals surface area contributed by atoms with Crippen LogP contribution in [0.15, 0.2) is 92.3 Å². The molecule has 0 aromatic heterocycles. The smallest absolute Gasteiger partial charge is 0.356 e. The molecule has 1 amide bonds. The molecule has 1 N–H and O–H groups in total. The lowest BCUT2D eigenvalue weighted by molar-refractivity contribution is -0.118. The maximum atomic E-state index is 13.5. The SMILES string of the molecule is CC(=O)NCCSc1ccc(-c2cc3nn(Cc4ccc(SC(F)(F)F)cc4)c(=O)c-3nn2-c2ccc(SS(C)(=O)=O)cc2)c(Cl)c1. The van der Waals surface area contributed by atoms with Crippen LogP contribution in [0.5, 0.6) is 0 Å². The summed E-state index contributed by atoms with van der Waals surface area (Å²) in [6.45, 7) is 1.94. The largest absolute Gasteiger partial charge is 0.446 e. The van der Waals surface area contributed by atoms with E-state index in [1.165, 1.54) is 52.3 Å². The molecule has 0 spiro atoms. The number of aromatic nitrogens is 4. The molecule has 0 unspecified atom stereocenters. The van der Waals surface area contributed by atoms with Crippen molar-refractivity contribution in [2.45, 2.75) is 33.7 Å². The lowest BCUT2D eigenvalue weighted by Crippen LogP contribution is -2.22. The van der Waals surface area contributed by atoms with Crippen molar-refractivity contribution in [3.05, 3.63) is 93.7 Å². The number of alkyl halides is 3. The van der Waals surface area contributed by atoms with E-state index in [0.717, 1.165) is 11.2 Å². The normalized spacial score (nSPS) is 12.0. The fourth-order valence-corrected chi connectivity index (χ4v) is 8.13. The number of nitrogens with zero attached hydrogens (tertiary/aromatic N) is 4. The molecule has 246 valence electrons. The molecule has 9 nitrogen and oxygen atoms in total. The Morgan fingerprint density at radius 3 is 2.23 bits per heavy atom. The first-order valence-electron chi connectivity index (χ1n) is 13.7. The second kappa shape index (κ2) is 14.4. The van der Waals surface area contributed by atoms with E-state index in [1.54, 1.807) is 36.4 Å². The van der Waals surface area contributed by atoms with Gasteiger partial charge in [0.2, 0.25) is 14.8 Å². The lowest BCUT2D eigenvalue weighted by atomic mass is 10.1. The second-order valence-corrected chi connectivity index (χ2v) is 17.2. The number of thioether (sulfide) groups is 2. The number of hydrogen-bond donors (Lipinski definition) is 1. The van der Waals surface area contributed by atoms with Crippen LogP contribution in [0.3, 0.4) is 0 Å². The van der Waals surface area contributed by atoms with Gasteiger partial charge in [0, 0.05) is 56.5 Å². The fraction of sp³-hybridized carbons (Fsp3) is 0.200. The summed E-state index contributed by atoms with van der Waals surface area (Å²) in [5, 5.41) is 12.3. The molecular weight excluding hydrogens is 715 g/mol. The average molecular weight is 740 g/mol. The maximum Gasteiger partial charge on any atom is 0.446 e. The monoisotopic (exact) mass is 739 g/mol. The van der Waals surface area contributed by atoms with E-state index in [-0.39, 0.29) is 40.5 Å². The highest BCUT2D eigenvalue weighted by Crippen LogP contribution is 2.37. The predicted octanol–water partition coefficient (Wildman–Crippen LogP) is 6.79. The Hall–Kier alpha value is -3.44. The van der Waals surface area contributed by atoms with Crippen molar-refractivity contribution >= 4 is 60.7 Å². The molecule has 5 rings (SSSR count). The molecule has 0 atom stereocenters. The Morgan fingerprint density at radius 2 is 1.62 bits per heavy atom. The van der Waals surface area contributed by atoms with Crippen molar-refractivity contribution in [3.8, 4) is 28.3 Å². The van der Waals surface area contributed by atoms with E-state index in [0.29, 0.717) is 55.5 Å². The summed E-state index contributed by atoms with van der Waals surface area (Å²) in [5.41, 5.74) is -2.41. The zero-order valence-electron chi connectivity index (χ0n) is 24.6. The van der Waals surface area contributed by atoms with Gasteiger partial charge in [-0.05, 0) is 71.9 Å². The number of amides is 1. The van der Waals surface area contributed by atoms with Crippen LogP contribution in [0.1, 0.15) is 12.5 Å². The molecule has 0 bridgehead atoms. The second-order valence-electron chi connectivity index (χ2n) is 10.1. The first kappa shape index (κ1) is 34.9. The van der Waals surface area contributed by atoms with Crippen LogP contribution in [0, 0.1) is 0 Å². The van der Waals surface area contributed by atoms with Gasteiger partial charge in [-0.1, -0.05) is 29.8 Å². The zero-order chi connectivity index (χ0) is 33.9. The van der Waals surface area contributed by atoms with Gasteiger partial charge in [0.1, 0.15) is 5.69 Å². The highest BCUT2D eigenvalue weighted by Gasteiger charge is 2.29. The third-order valence-electron chi connectivity index (χ3n) is 6.39. The number of benzene rings is 3. The van der Waals surface area contributed by atoms with E-state index in [1.807, 2.05) is 12.1 Å². The third-order valence-corrected chi connectivity index (χ3v) is 10.7. The van der Waals surface area contributed by atoms with Crippen molar-refractivity contribution in [3.63, 3.8) is 0 Å². The van der Waals surface area contributed by atoms with Gasteiger partial charge < -0.3 is 5.32 Å². The quantitative estimate of drug-likeness (QED) is 0.0888. The number of nitrogens with one attached hydrogen (secondary N) is 1. The molecule has 3 aromatic carbocycles. The van der Waals surface area contributed by atoms with Gasteiger partial charge in [-0.25, -0.2) is 17.8 Å². The van der Waals surface area contributed by atoms with E-state index >= 15 is 0 Å². The molecule has 0 aliphatic carbocycles. The predicted molar refractivity (Wildman–Crippen MR) is 180 cm³/mol. The Balaban J connectivity index is 1.53. The highest BCUT2D eigenvalue weighted by atomic mass is 35.5. The molecule has 0 saturated carbocycles. The standard InChI is InChI=1S/C30H25ClF3N5O4S4/c1-18(40)35-13-14-44-23-11-12-24(25(31)15-23)27-16-26-28(37-39(27)20-5-9-22(10-6-20)46-47(2,42)43)29(41)38(36-26)17-19-3-7-21(8-4-19)45-30(32,33)34/h3-12,15-16H,13-14,17H2,1-2H3,(H,35,40). The molecule has 0 fully saturated rings. The summed E-state index contributed by atoms with van der Waals surface area (Å²) in [6.07, 6.45) is 1.11. The van der Waals surface area contributed by atoms with Crippen molar-refractivity contribution in [2.24, 2.45) is 0 Å². The molecule has 17 heteroatoms. The van der Waals surface area contributed by atoms with Gasteiger partial charge >= 0.3 is 5.51 Å². The number of hydrogen-bond acceptors (Lipinski definition) is 9. The molecule has 0 radical (unpaired) electrons. The van der Waals surface area contributed by atoms with Gasteiger partial charge in [0.05, 0.1) is 22.9 Å². The van der Waals surface area contributed by atoms with Crippen LogP contribution in [0.25, 0.3) is 28.3 Å². The van der Waals surface area contributed by atoms with Crippen LogP contribution in [-0.4, -0.2) is 57.9 Å². The van der Waals surface area contributed by atoms with E-state index in [2.05, 4.69) is 15.5 Å². The van der Waals surface area contributed by atoms with E-state index in [4.69, 9.17) is 11.6 Å². The van der Waals surface area contributed by atoms with Gasteiger partial charge in [-0.2, -0.15) is 23.4 Å². The lowest BCUT2D eigenvalue weighted by Gasteiger charge is -2.16. The first-order valence-corrected chi connectivity index (χ1v) is 19.1. The minimum Gasteiger partial charge on any atom is -0.356 e. The van der Waals surface area contributed by atoms with Crippen LogP contribution >= 0.6 is 45.9 Å². The first-order chi connectivity index (χ1) is 22.1. The number of carbonyl (C=O) groups is 1. The fourth-order valence-electron chi connectivity index (χ4n) is 4.46. The van der Waals surface area contributed by atoms with Crippen LogP contribution in [0.4, 0.5) is 13.2 Å². The van der Waals surface area contributed by atoms with E-state index < -0.39 is 19.9 Å². The van der Waals surface area contributed by atoms with Crippen molar-refractivity contribution in [1.82, 2.24) is 24.9 Å². The Labute approximate surface area is 284 Å². The average Bonchev–Trinajstić information content (AvgIpc) is 3.28. The summed E-state index contributed by atoms with van der Waals surface area (Å²) in [4.78, 5) is 26.0. The number of carbonyl (C=O) groups excluding carboxylic acids is 1. The van der Waals surface area contributed by atoms with Crippen LogP contribution in [0.2, 0.25) is 5.02 Å². The minimum absolute atomic E-state index is 0.00403. The zero-order valence-corrected chi connectivity index (χ0v) is 28.6. The molecule has 2 aliphatic heterocycles. The van der Waals surface area contributed by atoms with Crippen LogP contribution in [-0.2, 0) is 20.2 Å². The highest BCUT2D eigenvalue weighted by molar-refractivity contribution is 8.71. The van der Waals surface area contributed by atoms with Gasteiger partial charge in [0.25, 0.3) is 5.56 Å². The summed E-state index contributed by atoms with van der Waals surface area (Å²) in [6, 6.07) is 19.4. The summed E-state index contributed by atoms with van der Waals surface area (Å²) in [7, 11) is -2.64. The molecule has 2 aliphatic rings. The minimum atomic E-state index is -4.41. The molecule has 47 heavy (non-hydrogen) atoms. The number of fused-ring (bicyclic) bond motifs is 1. The topological polar surface area (TPSA) is 116 Å². The summed E-state index contributed by atoms with van der Waals surface area (Å²) < 4.78 is 64.5. The molecule has 3 aromatic rings. The Kier molecular flexibility index (Phi) is 10.7. The number of rotatable bonds is 11. The Bertz CT molecular complexity index is 2050. The molecule has 0 saturated heterocycles. The van der Waals surface area contributed by atoms with Gasteiger partial charge in [-0.3, -0.25) is 9.59 Å². The van der Waals surface area contributed by atoms with Gasteiger partial charge in [0.15, 0.2) is 5.69 Å². The van der Waals surface area contributed by atoms with E-state index in [9.17, 15) is 31.2 Å². The van der Waals surface area contributed by atoms with Crippen LogP contribution < -0.4 is 10.9 Å². The van der Waals surface area contributed by atoms with Gasteiger partial charge in [-0.15, -0.1) is 11.8 Å². The van der Waals surface area contributed by atoms with Crippen molar-refractivity contribution in [2.75, 3.05) is 18.6 Å². The third kappa shape index (κ3) is 9.34. The summed E-state index contributed by atoms with van der Waals surface area (Å²) >= 11 is 8.07. The molecule has 2 heterocycles. The maximum absolute atomic E-state index is 13.5. The summed E-state index contributed by atoms with van der Waals surface area (Å²) in [5.74, 6) is 0.518. The molecular formula is C30H25ClF3N5O4S4. The van der Waals surface area contributed by atoms with Crippen molar-refractivity contribution < 1.29 is 26.4 Å². The Morgan fingerprint density at radius 1 is 0.957 bits per heavy atom. The number of halogens is 4. The van der Waals surface area contributed by atoms with Crippen molar-refractivity contribution in [1.29, 1.82) is 0 Å².